The van der Waals surface area contributed by atoms with E-state index in [4.69, 9.17) is 16.1 Å². The summed E-state index contributed by atoms with van der Waals surface area (Å²) in [7, 11) is -4.02. The number of halogens is 3. The Bertz CT molecular complexity index is 1580. The highest BCUT2D eigenvalue weighted by Gasteiger charge is 2.30. The molecule has 0 aliphatic heterocycles. The number of fused-ring (bicyclic) bond motifs is 1. The summed E-state index contributed by atoms with van der Waals surface area (Å²) in [6, 6.07) is 15.5. The maximum absolute atomic E-state index is 14.2. The van der Waals surface area contributed by atoms with Gasteiger partial charge in [-0.1, -0.05) is 35.0 Å². The molecule has 10 heteroatoms. The lowest BCUT2D eigenvalue weighted by Crippen LogP contribution is -2.03. The molecule has 0 aliphatic rings. The summed E-state index contributed by atoms with van der Waals surface area (Å²) in [5, 5.41) is 4.52. The first-order chi connectivity index (χ1) is 15.3. The van der Waals surface area contributed by atoms with Gasteiger partial charge in [-0.15, -0.1) is 0 Å². The first-order valence-corrected chi connectivity index (χ1v) is 11.1. The van der Waals surface area contributed by atoms with Crippen molar-refractivity contribution in [2.24, 2.45) is 0 Å². The SMILES string of the molecule is O=S(=O)(c1ccccc1)c1c(-c2noc(-c3ccc(F)cc3F)n2)[nH]c2ccc(Cl)cc12. The number of hydrogen-bond acceptors (Lipinski definition) is 5. The number of aromatic nitrogens is 3. The highest BCUT2D eigenvalue weighted by Crippen LogP contribution is 2.38. The Hall–Kier alpha value is -3.56. The smallest absolute Gasteiger partial charge is 0.261 e. The van der Waals surface area contributed by atoms with Crippen molar-refractivity contribution in [3.05, 3.63) is 83.4 Å². The molecule has 5 aromatic rings. The van der Waals surface area contributed by atoms with E-state index in [9.17, 15) is 17.2 Å². The van der Waals surface area contributed by atoms with E-state index in [1.165, 1.54) is 18.2 Å². The molecule has 0 fully saturated rings. The third-order valence-corrected chi connectivity index (χ3v) is 6.94. The molecule has 0 aliphatic carbocycles. The molecule has 2 heterocycles. The Morgan fingerprint density at radius 1 is 0.969 bits per heavy atom. The van der Waals surface area contributed by atoms with Crippen molar-refractivity contribution >= 4 is 32.3 Å². The van der Waals surface area contributed by atoms with Crippen LogP contribution in [0, 0.1) is 11.6 Å². The normalized spacial score (nSPS) is 11.8. The Labute approximate surface area is 185 Å². The molecule has 160 valence electrons. The van der Waals surface area contributed by atoms with Gasteiger partial charge in [-0.2, -0.15) is 4.98 Å². The molecular weight excluding hydrogens is 460 g/mol. The van der Waals surface area contributed by atoms with Crippen LogP contribution in [0.2, 0.25) is 5.02 Å². The molecule has 0 saturated heterocycles. The van der Waals surface area contributed by atoms with E-state index in [1.54, 1.807) is 30.3 Å². The summed E-state index contributed by atoms with van der Waals surface area (Å²) in [6.07, 6.45) is 0. The topological polar surface area (TPSA) is 88.8 Å². The van der Waals surface area contributed by atoms with Gasteiger partial charge in [0.1, 0.15) is 22.2 Å². The highest BCUT2D eigenvalue weighted by molar-refractivity contribution is 7.91. The van der Waals surface area contributed by atoms with Gasteiger partial charge in [0.2, 0.25) is 15.7 Å². The fourth-order valence-electron chi connectivity index (χ4n) is 3.39. The van der Waals surface area contributed by atoms with Crippen molar-refractivity contribution < 1.29 is 21.7 Å². The Morgan fingerprint density at radius 3 is 2.50 bits per heavy atom. The molecule has 0 amide bonds. The number of nitrogens with zero attached hydrogens (tertiary/aromatic N) is 2. The lowest BCUT2D eigenvalue weighted by Gasteiger charge is -2.05. The van der Waals surface area contributed by atoms with Gasteiger partial charge in [0, 0.05) is 22.0 Å². The van der Waals surface area contributed by atoms with Crippen LogP contribution in [-0.2, 0) is 9.84 Å². The molecule has 6 nitrogen and oxygen atoms in total. The fraction of sp³-hybridized carbons (Fsp3) is 0. The number of nitrogens with one attached hydrogen (secondary N) is 1. The first-order valence-electron chi connectivity index (χ1n) is 9.25. The molecule has 0 saturated carbocycles. The van der Waals surface area contributed by atoms with E-state index < -0.39 is 21.5 Å². The summed E-state index contributed by atoms with van der Waals surface area (Å²) in [4.78, 5) is 7.13. The zero-order chi connectivity index (χ0) is 22.5. The van der Waals surface area contributed by atoms with E-state index in [0.717, 1.165) is 12.1 Å². The first kappa shape index (κ1) is 20.3. The summed E-state index contributed by atoms with van der Waals surface area (Å²) >= 11 is 6.13. The van der Waals surface area contributed by atoms with Gasteiger partial charge in [-0.25, -0.2) is 17.2 Å². The zero-order valence-corrected chi connectivity index (χ0v) is 17.6. The van der Waals surface area contributed by atoms with Crippen molar-refractivity contribution in [3.8, 4) is 23.0 Å². The van der Waals surface area contributed by atoms with Gasteiger partial charge in [-0.3, -0.25) is 0 Å². The second-order valence-electron chi connectivity index (χ2n) is 6.88. The molecule has 2 aromatic heterocycles. The standard InChI is InChI=1S/C22H12ClF2N3O3S/c23-12-6-9-18-16(10-12)20(32(29,30)14-4-2-1-3-5-14)19(26-18)21-27-22(31-28-21)15-8-7-13(24)11-17(15)25/h1-11,26H. The predicted molar refractivity (Wildman–Crippen MR) is 114 cm³/mol. The number of hydrogen-bond donors (Lipinski definition) is 1. The van der Waals surface area contributed by atoms with Gasteiger partial charge < -0.3 is 9.51 Å². The number of benzene rings is 3. The average molecular weight is 472 g/mol. The van der Waals surface area contributed by atoms with Crippen molar-refractivity contribution in [2.75, 3.05) is 0 Å². The van der Waals surface area contributed by atoms with E-state index in [0.29, 0.717) is 22.0 Å². The maximum atomic E-state index is 14.2. The number of rotatable bonds is 4. The summed E-state index contributed by atoms with van der Waals surface area (Å²) in [5.74, 6) is -1.97. The van der Waals surface area contributed by atoms with Gasteiger partial charge >= 0.3 is 0 Å². The molecule has 0 radical (unpaired) electrons. The molecule has 0 atom stereocenters. The van der Waals surface area contributed by atoms with Crippen molar-refractivity contribution in [1.29, 1.82) is 0 Å². The molecule has 1 N–H and O–H groups in total. The van der Waals surface area contributed by atoms with E-state index in [1.807, 2.05) is 0 Å². The van der Waals surface area contributed by atoms with Crippen LogP contribution in [0.25, 0.3) is 33.9 Å². The third kappa shape index (κ3) is 3.35. The van der Waals surface area contributed by atoms with Gasteiger partial charge in [0.25, 0.3) is 5.89 Å². The monoisotopic (exact) mass is 471 g/mol. The van der Waals surface area contributed by atoms with Crippen molar-refractivity contribution in [3.63, 3.8) is 0 Å². The maximum Gasteiger partial charge on any atom is 0.261 e. The molecular formula is C22H12ClF2N3O3S. The number of H-pyrrole nitrogens is 1. The average Bonchev–Trinajstić information content (AvgIpc) is 3.39. The Kier molecular flexibility index (Phi) is 4.79. The van der Waals surface area contributed by atoms with Gasteiger partial charge in [0.05, 0.1) is 10.5 Å². The minimum absolute atomic E-state index is 0.0589. The third-order valence-electron chi connectivity index (χ3n) is 4.85. The number of aromatic amines is 1. The van der Waals surface area contributed by atoms with E-state index in [-0.39, 0.29) is 32.8 Å². The van der Waals surface area contributed by atoms with Crippen LogP contribution in [0.15, 0.2) is 81.0 Å². The predicted octanol–water partition coefficient (Wildman–Crippen LogP) is 5.65. The zero-order valence-electron chi connectivity index (χ0n) is 16.0. The van der Waals surface area contributed by atoms with Crippen LogP contribution < -0.4 is 0 Å². The lowest BCUT2D eigenvalue weighted by atomic mass is 10.2. The molecule has 3 aromatic carbocycles. The van der Waals surface area contributed by atoms with E-state index in [2.05, 4.69) is 15.1 Å². The van der Waals surface area contributed by atoms with Crippen molar-refractivity contribution in [2.45, 2.75) is 9.79 Å². The Balaban J connectivity index is 1.74. The molecule has 0 spiro atoms. The van der Waals surface area contributed by atoms with Crippen LogP contribution in [0.1, 0.15) is 0 Å². The summed E-state index contributed by atoms with van der Waals surface area (Å²) in [6.45, 7) is 0. The van der Waals surface area contributed by atoms with Crippen LogP contribution in [0.4, 0.5) is 8.78 Å². The molecule has 32 heavy (non-hydrogen) atoms. The van der Waals surface area contributed by atoms with Gasteiger partial charge in [-0.05, 0) is 42.5 Å². The molecule has 0 unspecified atom stereocenters. The fourth-order valence-corrected chi connectivity index (χ4v) is 5.18. The minimum atomic E-state index is -4.02. The molecule has 0 bridgehead atoms. The van der Waals surface area contributed by atoms with Crippen LogP contribution in [0.5, 0.6) is 0 Å². The minimum Gasteiger partial charge on any atom is -0.351 e. The summed E-state index contributed by atoms with van der Waals surface area (Å²) < 4.78 is 59.6. The van der Waals surface area contributed by atoms with Crippen LogP contribution in [0.3, 0.4) is 0 Å². The lowest BCUT2D eigenvalue weighted by molar-refractivity contribution is 0.429. The highest BCUT2D eigenvalue weighted by atomic mass is 35.5. The van der Waals surface area contributed by atoms with Gasteiger partial charge in [0.15, 0.2) is 0 Å². The molecule has 5 rings (SSSR count). The summed E-state index contributed by atoms with van der Waals surface area (Å²) in [5.41, 5.74) is 0.429. The van der Waals surface area contributed by atoms with Crippen molar-refractivity contribution in [1.82, 2.24) is 15.1 Å². The van der Waals surface area contributed by atoms with Crippen LogP contribution >= 0.6 is 11.6 Å². The number of sulfone groups is 1. The largest absolute Gasteiger partial charge is 0.351 e. The quantitative estimate of drug-likeness (QED) is 0.366. The van der Waals surface area contributed by atoms with E-state index >= 15 is 0 Å². The second kappa shape index (κ2) is 7.54. The van der Waals surface area contributed by atoms with Crippen LogP contribution in [-0.4, -0.2) is 23.5 Å². The Morgan fingerprint density at radius 2 is 1.75 bits per heavy atom. The second-order valence-corrected chi connectivity index (χ2v) is 9.21.